The van der Waals surface area contributed by atoms with E-state index in [1.54, 1.807) is 6.20 Å². The molecule has 1 saturated heterocycles. The molecule has 31 heavy (non-hydrogen) atoms. The fraction of sp³-hybridized carbons (Fsp3) is 0.320. The molecule has 0 radical (unpaired) electrons. The Bertz CT molecular complexity index is 1030. The van der Waals surface area contributed by atoms with Crippen molar-refractivity contribution in [2.24, 2.45) is 5.92 Å². The minimum atomic E-state index is -0.235. The lowest BCUT2D eigenvalue weighted by Crippen LogP contribution is -2.44. The summed E-state index contributed by atoms with van der Waals surface area (Å²) in [6.07, 6.45) is 3.15. The highest BCUT2D eigenvalue weighted by atomic mass is 32.1. The first kappa shape index (κ1) is 21.2. The van der Waals surface area contributed by atoms with Crippen LogP contribution in [0.3, 0.4) is 0 Å². The Labute approximate surface area is 187 Å². The van der Waals surface area contributed by atoms with Gasteiger partial charge in [0.25, 0.3) is 5.91 Å². The second kappa shape index (κ2) is 9.43. The van der Waals surface area contributed by atoms with Crippen LogP contribution in [-0.4, -0.2) is 46.7 Å². The topological polar surface area (TPSA) is 53.5 Å². The van der Waals surface area contributed by atoms with Crippen molar-refractivity contribution in [3.8, 4) is 0 Å². The average molecular weight is 434 g/mol. The van der Waals surface area contributed by atoms with Crippen LogP contribution in [0.25, 0.3) is 0 Å². The number of hydrogen-bond acceptors (Lipinski definition) is 4. The summed E-state index contributed by atoms with van der Waals surface area (Å²) in [6.45, 7) is 3.25. The molecule has 2 aromatic heterocycles. The van der Waals surface area contributed by atoms with Gasteiger partial charge in [0.05, 0.1) is 16.6 Å². The maximum Gasteiger partial charge on any atom is 0.263 e. The second-order valence-electron chi connectivity index (χ2n) is 8.01. The van der Waals surface area contributed by atoms with Crippen LogP contribution < -0.4 is 0 Å². The second-order valence-corrected chi connectivity index (χ2v) is 8.96. The summed E-state index contributed by atoms with van der Waals surface area (Å²) in [7, 11) is 1.87. The molecule has 1 fully saturated rings. The van der Waals surface area contributed by atoms with Crippen LogP contribution in [0, 0.1) is 12.8 Å². The standard InChI is InChI=1S/C25H27N3O2S/c1-18-8-6-14-26-22(18)23(19-9-4-3-5-10-19)27(2)24(29)20-12-15-28(16-13-20)25(30)21-11-7-17-31-21/h3-11,14,17,20,23H,12-13,15-16H2,1-2H3. The molecular formula is C25H27N3O2S. The van der Waals surface area contributed by atoms with Gasteiger partial charge in [-0.25, -0.2) is 0 Å². The van der Waals surface area contributed by atoms with Crippen molar-refractivity contribution in [3.05, 3.63) is 87.9 Å². The molecule has 2 amide bonds. The van der Waals surface area contributed by atoms with Crippen molar-refractivity contribution >= 4 is 23.2 Å². The zero-order valence-electron chi connectivity index (χ0n) is 17.9. The number of piperidine rings is 1. The highest BCUT2D eigenvalue weighted by Gasteiger charge is 2.33. The number of aromatic nitrogens is 1. The maximum atomic E-state index is 13.5. The molecule has 6 heteroatoms. The summed E-state index contributed by atoms with van der Waals surface area (Å²) in [5, 5.41) is 1.92. The largest absolute Gasteiger partial charge is 0.338 e. The first-order chi connectivity index (χ1) is 15.1. The monoisotopic (exact) mass is 433 g/mol. The van der Waals surface area contributed by atoms with Gasteiger partial charge < -0.3 is 9.80 Å². The van der Waals surface area contributed by atoms with Crippen molar-refractivity contribution < 1.29 is 9.59 Å². The predicted octanol–water partition coefficient (Wildman–Crippen LogP) is 4.55. The van der Waals surface area contributed by atoms with Gasteiger partial charge in [0.15, 0.2) is 0 Å². The van der Waals surface area contributed by atoms with Gasteiger partial charge >= 0.3 is 0 Å². The SMILES string of the molecule is Cc1cccnc1C(c1ccccc1)N(C)C(=O)C1CCN(C(=O)c2cccs2)CC1. The van der Waals surface area contributed by atoms with E-state index in [2.05, 4.69) is 4.98 Å². The molecule has 1 aliphatic heterocycles. The van der Waals surface area contributed by atoms with Gasteiger partial charge in [-0.05, 0) is 48.4 Å². The third kappa shape index (κ3) is 4.54. The van der Waals surface area contributed by atoms with Gasteiger partial charge in [-0.15, -0.1) is 11.3 Å². The zero-order valence-corrected chi connectivity index (χ0v) is 18.7. The van der Waals surface area contributed by atoms with Crippen molar-refractivity contribution in [1.29, 1.82) is 0 Å². The Hall–Kier alpha value is -2.99. The highest BCUT2D eigenvalue weighted by molar-refractivity contribution is 7.12. The number of rotatable bonds is 5. The summed E-state index contributed by atoms with van der Waals surface area (Å²) in [4.78, 5) is 35.2. The Morgan fingerprint density at radius 3 is 2.45 bits per heavy atom. The normalized spacial score (nSPS) is 15.5. The molecule has 0 saturated carbocycles. The number of likely N-dealkylation sites (tertiary alicyclic amines) is 1. The fourth-order valence-corrected chi connectivity index (χ4v) is 4.98. The van der Waals surface area contributed by atoms with Crippen LogP contribution in [-0.2, 0) is 4.79 Å². The molecule has 1 aliphatic rings. The molecule has 0 bridgehead atoms. The van der Waals surface area contributed by atoms with Crippen LogP contribution in [0.4, 0.5) is 0 Å². The lowest BCUT2D eigenvalue weighted by atomic mass is 9.92. The summed E-state index contributed by atoms with van der Waals surface area (Å²) in [5.41, 5.74) is 3.01. The molecule has 0 aliphatic carbocycles. The van der Waals surface area contributed by atoms with E-state index in [0.717, 1.165) is 21.7 Å². The zero-order chi connectivity index (χ0) is 21.8. The minimum absolute atomic E-state index is 0.0699. The number of carbonyl (C=O) groups excluding carboxylic acids is 2. The lowest BCUT2D eigenvalue weighted by molar-refractivity contribution is -0.137. The summed E-state index contributed by atoms with van der Waals surface area (Å²) >= 11 is 1.46. The minimum Gasteiger partial charge on any atom is -0.338 e. The van der Waals surface area contributed by atoms with E-state index in [1.165, 1.54) is 11.3 Å². The first-order valence-corrected chi connectivity index (χ1v) is 11.5. The molecule has 3 aromatic rings. The maximum absolute atomic E-state index is 13.5. The molecule has 1 atom stereocenters. The fourth-order valence-electron chi connectivity index (χ4n) is 4.29. The molecule has 0 spiro atoms. The summed E-state index contributed by atoms with van der Waals surface area (Å²) in [6, 6.07) is 17.5. The third-order valence-electron chi connectivity index (χ3n) is 6.02. The Morgan fingerprint density at radius 1 is 1.06 bits per heavy atom. The summed E-state index contributed by atoms with van der Waals surface area (Å²) in [5.74, 6) is 0.0928. The van der Waals surface area contributed by atoms with E-state index in [1.807, 2.05) is 83.7 Å². The molecule has 1 aromatic carbocycles. The number of hydrogen-bond donors (Lipinski definition) is 0. The van der Waals surface area contributed by atoms with E-state index >= 15 is 0 Å². The van der Waals surface area contributed by atoms with Crippen molar-refractivity contribution in [2.45, 2.75) is 25.8 Å². The van der Waals surface area contributed by atoms with Crippen LogP contribution in [0.2, 0.25) is 0 Å². The van der Waals surface area contributed by atoms with Gasteiger partial charge in [-0.2, -0.15) is 0 Å². The Balaban J connectivity index is 1.50. The van der Waals surface area contributed by atoms with Crippen LogP contribution in [0.1, 0.15) is 45.4 Å². The Morgan fingerprint density at radius 2 is 1.81 bits per heavy atom. The molecule has 3 heterocycles. The number of nitrogens with zero attached hydrogens (tertiary/aromatic N) is 3. The number of pyridine rings is 1. The van der Waals surface area contributed by atoms with Crippen molar-refractivity contribution in [3.63, 3.8) is 0 Å². The van der Waals surface area contributed by atoms with E-state index in [-0.39, 0.29) is 23.8 Å². The van der Waals surface area contributed by atoms with Crippen LogP contribution in [0.15, 0.2) is 66.2 Å². The van der Waals surface area contributed by atoms with Gasteiger partial charge in [0.2, 0.25) is 5.91 Å². The van der Waals surface area contributed by atoms with E-state index in [9.17, 15) is 9.59 Å². The molecule has 1 unspecified atom stereocenters. The van der Waals surface area contributed by atoms with E-state index < -0.39 is 0 Å². The molecule has 160 valence electrons. The smallest absolute Gasteiger partial charge is 0.263 e. The van der Waals surface area contributed by atoms with E-state index in [0.29, 0.717) is 25.9 Å². The van der Waals surface area contributed by atoms with Gasteiger partial charge in [0.1, 0.15) is 0 Å². The van der Waals surface area contributed by atoms with Gasteiger partial charge in [-0.1, -0.05) is 42.5 Å². The quantitative estimate of drug-likeness (QED) is 0.593. The summed E-state index contributed by atoms with van der Waals surface area (Å²) < 4.78 is 0. The van der Waals surface area contributed by atoms with Crippen LogP contribution in [0.5, 0.6) is 0 Å². The average Bonchev–Trinajstić information content (AvgIpc) is 3.35. The third-order valence-corrected chi connectivity index (χ3v) is 6.88. The number of carbonyl (C=O) groups is 2. The molecule has 5 nitrogen and oxygen atoms in total. The van der Waals surface area contributed by atoms with Gasteiger partial charge in [-0.3, -0.25) is 14.6 Å². The molecule has 0 N–H and O–H groups in total. The number of benzene rings is 1. The number of amides is 2. The van der Waals surface area contributed by atoms with Crippen molar-refractivity contribution in [1.82, 2.24) is 14.8 Å². The highest BCUT2D eigenvalue weighted by Crippen LogP contribution is 2.31. The molecule has 4 rings (SSSR count). The van der Waals surface area contributed by atoms with E-state index in [4.69, 9.17) is 0 Å². The Kier molecular flexibility index (Phi) is 6.47. The predicted molar refractivity (Wildman–Crippen MR) is 123 cm³/mol. The van der Waals surface area contributed by atoms with Crippen LogP contribution >= 0.6 is 11.3 Å². The van der Waals surface area contributed by atoms with Crippen molar-refractivity contribution in [2.75, 3.05) is 20.1 Å². The van der Waals surface area contributed by atoms with Gasteiger partial charge in [0, 0.05) is 32.3 Å². The lowest BCUT2D eigenvalue weighted by Gasteiger charge is -2.36. The number of thiophene rings is 1. The molecular weight excluding hydrogens is 406 g/mol. The first-order valence-electron chi connectivity index (χ1n) is 10.6. The number of aryl methyl sites for hydroxylation is 1.